The van der Waals surface area contributed by atoms with Crippen LogP contribution in [-0.4, -0.2) is 36.3 Å². The van der Waals surface area contributed by atoms with E-state index in [2.05, 4.69) is 65.6 Å². The van der Waals surface area contributed by atoms with Crippen LogP contribution in [0.15, 0.2) is 65.1 Å². The van der Waals surface area contributed by atoms with E-state index in [1.807, 2.05) is 19.0 Å². The third kappa shape index (κ3) is 5.86. The monoisotopic (exact) mass is 416 g/mol. The van der Waals surface area contributed by atoms with Gasteiger partial charge in [-0.15, -0.1) is 0 Å². The largest absolute Gasteiger partial charge is 0.463 e. The fourth-order valence-electron chi connectivity index (χ4n) is 4.27. The molecule has 0 N–H and O–H groups in total. The summed E-state index contributed by atoms with van der Waals surface area (Å²) >= 11 is 0. The lowest BCUT2D eigenvalue weighted by atomic mass is 10.0. The summed E-state index contributed by atoms with van der Waals surface area (Å²) in [4.78, 5) is 16.9. The first kappa shape index (κ1) is 21.4. The van der Waals surface area contributed by atoms with Crippen LogP contribution < -0.4 is 0 Å². The zero-order valence-electron chi connectivity index (χ0n) is 18.6. The lowest BCUT2D eigenvalue weighted by molar-refractivity contribution is -0.132. The highest BCUT2D eigenvalue weighted by atomic mass is 16.3. The van der Waals surface area contributed by atoms with Gasteiger partial charge in [-0.3, -0.25) is 4.79 Å². The molecule has 4 rings (SSSR count). The number of amides is 1. The van der Waals surface area contributed by atoms with E-state index in [1.165, 1.54) is 22.3 Å². The van der Waals surface area contributed by atoms with Gasteiger partial charge in [-0.1, -0.05) is 54.6 Å². The van der Waals surface area contributed by atoms with Crippen molar-refractivity contribution in [3.05, 3.63) is 94.4 Å². The minimum Gasteiger partial charge on any atom is -0.463 e. The van der Waals surface area contributed by atoms with Gasteiger partial charge in [-0.2, -0.15) is 0 Å². The van der Waals surface area contributed by atoms with Gasteiger partial charge in [0.1, 0.15) is 11.5 Å². The van der Waals surface area contributed by atoms with Gasteiger partial charge in [0.05, 0.1) is 13.1 Å². The molecule has 1 aliphatic heterocycles. The molecule has 0 unspecified atom stereocenters. The third-order valence-electron chi connectivity index (χ3n) is 5.92. The Hall–Kier alpha value is -2.85. The van der Waals surface area contributed by atoms with E-state index >= 15 is 0 Å². The van der Waals surface area contributed by atoms with E-state index in [0.717, 1.165) is 50.3 Å². The van der Waals surface area contributed by atoms with Crippen LogP contribution >= 0.6 is 0 Å². The maximum Gasteiger partial charge on any atom is 0.223 e. The van der Waals surface area contributed by atoms with E-state index in [4.69, 9.17) is 4.42 Å². The Morgan fingerprint density at radius 1 is 0.935 bits per heavy atom. The van der Waals surface area contributed by atoms with Gasteiger partial charge in [-0.05, 0) is 68.1 Å². The van der Waals surface area contributed by atoms with Crippen molar-refractivity contribution in [2.24, 2.45) is 0 Å². The SMILES string of the molecule is CN(C)Cc1cc2c(o1)CN(C(=O)CCc1cccc(CCc3ccccc3)c1)CC2. The smallest absolute Gasteiger partial charge is 0.223 e. The maximum absolute atomic E-state index is 12.8. The van der Waals surface area contributed by atoms with E-state index in [-0.39, 0.29) is 5.91 Å². The van der Waals surface area contributed by atoms with Crippen molar-refractivity contribution in [2.45, 2.75) is 45.2 Å². The molecule has 0 radical (unpaired) electrons. The molecule has 162 valence electrons. The lowest BCUT2D eigenvalue weighted by Crippen LogP contribution is -2.35. The van der Waals surface area contributed by atoms with Crippen molar-refractivity contribution in [2.75, 3.05) is 20.6 Å². The third-order valence-corrected chi connectivity index (χ3v) is 5.92. The van der Waals surface area contributed by atoms with Gasteiger partial charge >= 0.3 is 0 Å². The number of nitrogens with zero attached hydrogens (tertiary/aromatic N) is 2. The molecule has 2 aromatic carbocycles. The molecule has 31 heavy (non-hydrogen) atoms. The van der Waals surface area contributed by atoms with Gasteiger partial charge in [-0.25, -0.2) is 0 Å². The quantitative estimate of drug-likeness (QED) is 0.537. The summed E-state index contributed by atoms with van der Waals surface area (Å²) in [5, 5.41) is 0. The fourth-order valence-corrected chi connectivity index (χ4v) is 4.27. The zero-order chi connectivity index (χ0) is 21.6. The van der Waals surface area contributed by atoms with Crippen molar-refractivity contribution in [3.63, 3.8) is 0 Å². The molecule has 0 fully saturated rings. The summed E-state index contributed by atoms with van der Waals surface area (Å²) in [6.45, 7) is 2.17. The normalized spacial score (nSPS) is 13.5. The van der Waals surface area contributed by atoms with Gasteiger partial charge < -0.3 is 14.2 Å². The number of furan rings is 1. The van der Waals surface area contributed by atoms with Crippen molar-refractivity contribution in [1.82, 2.24) is 9.80 Å². The summed E-state index contributed by atoms with van der Waals surface area (Å²) in [6.07, 6.45) is 4.27. The Kier molecular flexibility index (Phi) is 6.88. The summed E-state index contributed by atoms with van der Waals surface area (Å²) in [7, 11) is 4.07. The minimum atomic E-state index is 0.214. The summed E-state index contributed by atoms with van der Waals surface area (Å²) in [6, 6.07) is 21.4. The topological polar surface area (TPSA) is 36.7 Å². The van der Waals surface area contributed by atoms with Crippen molar-refractivity contribution >= 4 is 5.91 Å². The Morgan fingerprint density at radius 2 is 1.65 bits per heavy atom. The maximum atomic E-state index is 12.8. The van der Waals surface area contributed by atoms with Crippen LogP contribution in [0.3, 0.4) is 0 Å². The number of hydrogen-bond donors (Lipinski definition) is 0. The molecule has 1 aromatic heterocycles. The second-order valence-electron chi connectivity index (χ2n) is 8.77. The second-order valence-corrected chi connectivity index (χ2v) is 8.77. The van der Waals surface area contributed by atoms with Crippen LogP contribution in [0.2, 0.25) is 0 Å². The molecule has 0 bridgehead atoms. The van der Waals surface area contributed by atoms with E-state index < -0.39 is 0 Å². The zero-order valence-corrected chi connectivity index (χ0v) is 18.6. The number of rotatable bonds is 8. The first-order valence-corrected chi connectivity index (χ1v) is 11.2. The molecule has 3 aromatic rings. The molecular formula is C27H32N2O2. The highest BCUT2D eigenvalue weighted by Gasteiger charge is 2.24. The number of hydrogen-bond acceptors (Lipinski definition) is 3. The van der Waals surface area contributed by atoms with Crippen LogP contribution in [0.5, 0.6) is 0 Å². The first-order valence-electron chi connectivity index (χ1n) is 11.2. The lowest BCUT2D eigenvalue weighted by Gasteiger charge is -2.26. The number of benzene rings is 2. The van der Waals surface area contributed by atoms with Gasteiger partial charge in [0, 0.05) is 13.0 Å². The molecule has 2 heterocycles. The predicted molar refractivity (Wildman–Crippen MR) is 124 cm³/mol. The van der Waals surface area contributed by atoms with E-state index in [0.29, 0.717) is 13.0 Å². The average molecular weight is 417 g/mol. The second kappa shape index (κ2) is 9.97. The Balaban J connectivity index is 1.29. The summed E-state index contributed by atoms with van der Waals surface area (Å²) in [5.41, 5.74) is 5.19. The van der Waals surface area contributed by atoms with Gasteiger partial charge in [0.2, 0.25) is 5.91 Å². The standard InChI is InChI=1S/C27H32N2O2/c1-28(2)19-25-18-24-15-16-29(20-26(24)31-25)27(30)14-13-23-10-6-9-22(17-23)12-11-21-7-4-3-5-8-21/h3-10,17-18H,11-16,19-20H2,1-2H3. The van der Waals surface area contributed by atoms with Crippen LogP contribution in [-0.2, 0) is 43.6 Å². The van der Waals surface area contributed by atoms with Gasteiger partial charge in [0.15, 0.2) is 0 Å². The number of fused-ring (bicyclic) bond motifs is 1. The fraction of sp³-hybridized carbons (Fsp3) is 0.370. The molecule has 0 atom stereocenters. The Bertz CT molecular complexity index is 1010. The van der Waals surface area contributed by atoms with Crippen LogP contribution in [0.1, 0.15) is 40.2 Å². The molecule has 4 nitrogen and oxygen atoms in total. The van der Waals surface area contributed by atoms with Crippen LogP contribution in [0.4, 0.5) is 0 Å². The van der Waals surface area contributed by atoms with Crippen molar-refractivity contribution < 1.29 is 9.21 Å². The Morgan fingerprint density at radius 3 is 2.42 bits per heavy atom. The Labute approximate surface area is 185 Å². The molecule has 0 aliphatic carbocycles. The van der Waals surface area contributed by atoms with E-state index in [9.17, 15) is 4.79 Å². The highest BCUT2D eigenvalue weighted by Crippen LogP contribution is 2.24. The molecule has 0 spiro atoms. The minimum absolute atomic E-state index is 0.214. The molecule has 1 amide bonds. The van der Waals surface area contributed by atoms with Gasteiger partial charge in [0.25, 0.3) is 0 Å². The molecular weight excluding hydrogens is 384 g/mol. The first-order chi connectivity index (χ1) is 15.1. The van der Waals surface area contributed by atoms with E-state index in [1.54, 1.807) is 0 Å². The number of carbonyl (C=O) groups excluding carboxylic acids is 1. The predicted octanol–water partition coefficient (Wildman–Crippen LogP) is 4.64. The molecule has 0 saturated carbocycles. The van der Waals surface area contributed by atoms with Crippen LogP contribution in [0, 0.1) is 0 Å². The molecule has 1 aliphatic rings. The summed E-state index contributed by atoms with van der Waals surface area (Å²) in [5.74, 6) is 2.15. The number of aryl methyl sites for hydroxylation is 3. The highest BCUT2D eigenvalue weighted by molar-refractivity contribution is 5.76. The average Bonchev–Trinajstić information content (AvgIpc) is 3.17. The summed E-state index contributed by atoms with van der Waals surface area (Å²) < 4.78 is 6.00. The van der Waals surface area contributed by atoms with Crippen molar-refractivity contribution in [3.8, 4) is 0 Å². The molecule has 0 saturated heterocycles. The number of carbonyl (C=O) groups is 1. The molecule has 4 heteroatoms. The van der Waals surface area contributed by atoms with Crippen molar-refractivity contribution in [1.29, 1.82) is 0 Å². The van der Waals surface area contributed by atoms with Crippen LogP contribution in [0.25, 0.3) is 0 Å².